The molecule has 3 heteroatoms. The van der Waals surface area contributed by atoms with Crippen LogP contribution in [0.5, 0.6) is 5.75 Å². The van der Waals surface area contributed by atoms with Crippen molar-refractivity contribution in [3.63, 3.8) is 0 Å². The maximum Gasteiger partial charge on any atom is 0.138 e. The van der Waals surface area contributed by atoms with E-state index in [0.717, 1.165) is 15.8 Å². The zero-order valence-corrected chi connectivity index (χ0v) is 10.6. The first-order valence-electron chi connectivity index (χ1n) is 5.03. The predicted molar refractivity (Wildman–Crippen MR) is 67.4 cm³/mol. The highest BCUT2D eigenvalue weighted by Gasteiger charge is 2.01. The van der Waals surface area contributed by atoms with Gasteiger partial charge in [-0.3, -0.25) is 4.98 Å². The van der Waals surface area contributed by atoms with E-state index in [4.69, 9.17) is 4.74 Å². The standard InChI is InChI=1S/C13H12BrNO/c1-10-4-5-11(13(14)7-10)9-16-12-3-2-6-15-8-12/h2-8H,9H2,1H3. The van der Waals surface area contributed by atoms with Crippen LogP contribution < -0.4 is 4.74 Å². The highest BCUT2D eigenvalue weighted by molar-refractivity contribution is 9.10. The summed E-state index contributed by atoms with van der Waals surface area (Å²) in [7, 11) is 0. The Morgan fingerprint density at radius 1 is 1.31 bits per heavy atom. The van der Waals surface area contributed by atoms with Gasteiger partial charge in [0.2, 0.25) is 0 Å². The van der Waals surface area contributed by atoms with Crippen molar-refractivity contribution in [2.45, 2.75) is 13.5 Å². The van der Waals surface area contributed by atoms with Gasteiger partial charge in [0.25, 0.3) is 0 Å². The molecule has 0 saturated carbocycles. The topological polar surface area (TPSA) is 22.1 Å². The highest BCUT2D eigenvalue weighted by Crippen LogP contribution is 2.20. The molecule has 0 N–H and O–H groups in total. The van der Waals surface area contributed by atoms with Gasteiger partial charge in [0, 0.05) is 16.2 Å². The number of nitrogens with zero attached hydrogens (tertiary/aromatic N) is 1. The van der Waals surface area contributed by atoms with Crippen molar-refractivity contribution in [1.29, 1.82) is 0 Å². The molecule has 2 rings (SSSR count). The fourth-order valence-corrected chi connectivity index (χ4v) is 1.97. The van der Waals surface area contributed by atoms with Gasteiger partial charge >= 0.3 is 0 Å². The van der Waals surface area contributed by atoms with Crippen molar-refractivity contribution in [1.82, 2.24) is 4.98 Å². The van der Waals surface area contributed by atoms with E-state index in [1.807, 2.05) is 12.1 Å². The predicted octanol–water partition coefficient (Wildman–Crippen LogP) is 3.73. The van der Waals surface area contributed by atoms with Crippen molar-refractivity contribution < 1.29 is 4.74 Å². The summed E-state index contributed by atoms with van der Waals surface area (Å²) in [5.74, 6) is 0.787. The Balaban J connectivity index is 2.05. The van der Waals surface area contributed by atoms with Crippen LogP contribution in [0.15, 0.2) is 47.2 Å². The minimum absolute atomic E-state index is 0.548. The number of aryl methyl sites for hydroxylation is 1. The first-order valence-corrected chi connectivity index (χ1v) is 5.83. The lowest BCUT2D eigenvalue weighted by molar-refractivity contribution is 0.304. The number of ether oxygens (including phenoxy) is 1. The van der Waals surface area contributed by atoms with Gasteiger partial charge < -0.3 is 4.74 Å². The molecule has 0 aliphatic rings. The fourth-order valence-electron chi connectivity index (χ4n) is 1.36. The lowest BCUT2D eigenvalue weighted by atomic mass is 10.2. The maximum atomic E-state index is 5.62. The zero-order chi connectivity index (χ0) is 11.4. The molecule has 0 aliphatic carbocycles. The molecular formula is C13H12BrNO. The van der Waals surface area contributed by atoms with E-state index < -0.39 is 0 Å². The monoisotopic (exact) mass is 277 g/mol. The molecule has 0 amide bonds. The number of aromatic nitrogens is 1. The van der Waals surface area contributed by atoms with Crippen molar-refractivity contribution in [2.24, 2.45) is 0 Å². The van der Waals surface area contributed by atoms with E-state index in [0.29, 0.717) is 6.61 Å². The van der Waals surface area contributed by atoms with Crippen molar-refractivity contribution in [3.8, 4) is 5.75 Å². The minimum atomic E-state index is 0.548. The van der Waals surface area contributed by atoms with Gasteiger partial charge in [0.15, 0.2) is 0 Å². The molecule has 16 heavy (non-hydrogen) atoms. The molecule has 0 saturated heterocycles. The average molecular weight is 278 g/mol. The van der Waals surface area contributed by atoms with Crippen LogP contribution in [0.4, 0.5) is 0 Å². The summed E-state index contributed by atoms with van der Waals surface area (Å²) < 4.78 is 6.70. The molecule has 0 bridgehead atoms. The number of halogens is 1. The number of hydrogen-bond acceptors (Lipinski definition) is 2. The third kappa shape index (κ3) is 2.83. The Kier molecular flexibility index (Phi) is 3.57. The molecule has 82 valence electrons. The Hall–Kier alpha value is -1.35. The van der Waals surface area contributed by atoms with E-state index in [-0.39, 0.29) is 0 Å². The van der Waals surface area contributed by atoms with Gasteiger partial charge in [-0.1, -0.05) is 28.1 Å². The molecule has 2 nitrogen and oxygen atoms in total. The van der Waals surface area contributed by atoms with Crippen LogP contribution in [0.2, 0.25) is 0 Å². The minimum Gasteiger partial charge on any atom is -0.487 e. The maximum absolute atomic E-state index is 5.62. The normalized spacial score (nSPS) is 10.1. The smallest absolute Gasteiger partial charge is 0.138 e. The van der Waals surface area contributed by atoms with Gasteiger partial charge in [0.05, 0.1) is 6.20 Å². The highest BCUT2D eigenvalue weighted by atomic mass is 79.9. The first kappa shape index (κ1) is 11.1. The fraction of sp³-hybridized carbons (Fsp3) is 0.154. The van der Waals surface area contributed by atoms with Crippen LogP contribution in [0, 0.1) is 6.92 Å². The second-order valence-corrected chi connectivity index (χ2v) is 4.43. The van der Waals surface area contributed by atoms with E-state index in [2.05, 4.69) is 46.0 Å². The molecule has 0 atom stereocenters. The van der Waals surface area contributed by atoms with E-state index in [1.54, 1.807) is 12.4 Å². The molecular weight excluding hydrogens is 266 g/mol. The number of pyridine rings is 1. The second kappa shape index (κ2) is 5.12. The summed E-state index contributed by atoms with van der Waals surface area (Å²) in [5.41, 5.74) is 2.37. The Labute approximate surface area is 103 Å². The molecule has 1 aromatic carbocycles. The molecule has 1 heterocycles. The van der Waals surface area contributed by atoms with E-state index in [9.17, 15) is 0 Å². The van der Waals surface area contributed by atoms with Crippen LogP contribution in [0.1, 0.15) is 11.1 Å². The van der Waals surface area contributed by atoms with Gasteiger partial charge in [-0.05, 0) is 30.7 Å². The third-order valence-electron chi connectivity index (χ3n) is 2.24. The van der Waals surface area contributed by atoms with Gasteiger partial charge in [-0.2, -0.15) is 0 Å². The SMILES string of the molecule is Cc1ccc(COc2cccnc2)c(Br)c1. The largest absolute Gasteiger partial charge is 0.487 e. The van der Waals surface area contributed by atoms with Crippen LogP contribution in [0.3, 0.4) is 0 Å². The summed E-state index contributed by atoms with van der Waals surface area (Å²) in [6.45, 7) is 2.61. The van der Waals surface area contributed by atoms with Crippen LogP contribution >= 0.6 is 15.9 Å². The average Bonchev–Trinajstić information content (AvgIpc) is 2.29. The Morgan fingerprint density at radius 2 is 2.19 bits per heavy atom. The lowest BCUT2D eigenvalue weighted by Gasteiger charge is -2.07. The molecule has 1 aromatic heterocycles. The van der Waals surface area contributed by atoms with E-state index in [1.165, 1.54) is 5.56 Å². The summed E-state index contributed by atoms with van der Waals surface area (Å²) in [6.07, 6.45) is 3.44. The summed E-state index contributed by atoms with van der Waals surface area (Å²) >= 11 is 3.53. The summed E-state index contributed by atoms with van der Waals surface area (Å²) in [4.78, 5) is 4.00. The second-order valence-electron chi connectivity index (χ2n) is 3.57. The van der Waals surface area contributed by atoms with Crippen molar-refractivity contribution in [2.75, 3.05) is 0 Å². The van der Waals surface area contributed by atoms with Crippen LogP contribution in [0.25, 0.3) is 0 Å². The third-order valence-corrected chi connectivity index (χ3v) is 2.98. The molecule has 0 aliphatic heterocycles. The Morgan fingerprint density at radius 3 is 2.88 bits per heavy atom. The van der Waals surface area contributed by atoms with Crippen molar-refractivity contribution >= 4 is 15.9 Å². The number of hydrogen-bond donors (Lipinski definition) is 0. The van der Waals surface area contributed by atoms with E-state index >= 15 is 0 Å². The Bertz CT molecular complexity index is 471. The van der Waals surface area contributed by atoms with Crippen LogP contribution in [-0.2, 0) is 6.61 Å². The molecule has 0 spiro atoms. The molecule has 0 fully saturated rings. The molecule has 0 unspecified atom stereocenters. The summed E-state index contributed by atoms with van der Waals surface area (Å²) in [6, 6.07) is 9.99. The van der Waals surface area contributed by atoms with Gasteiger partial charge in [-0.15, -0.1) is 0 Å². The van der Waals surface area contributed by atoms with Crippen LogP contribution in [-0.4, -0.2) is 4.98 Å². The van der Waals surface area contributed by atoms with Gasteiger partial charge in [-0.25, -0.2) is 0 Å². The van der Waals surface area contributed by atoms with Gasteiger partial charge in [0.1, 0.15) is 12.4 Å². The lowest BCUT2D eigenvalue weighted by Crippen LogP contribution is -1.96. The summed E-state index contributed by atoms with van der Waals surface area (Å²) in [5, 5.41) is 0. The number of benzene rings is 1. The van der Waals surface area contributed by atoms with Crippen molar-refractivity contribution in [3.05, 3.63) is 58.3 Å². The molecule has 2 aromatic rings. The zero-order valence-electron chi connectivity index (χ0n) is 8.98. The number of rotatable bonds is 3. The molecule has 0 radical (unpaired) electrons. The first-order chi connectivity index (χ1) is 7.75. The quantitative estimate of drug-likeness (QED) is 0.853.